The Morgan fingerprint density at radius 2 is 2.24 bits per heavy atom. The van der Waals surface area contributed by atoms with Gasteiger partial charge in [-0.2, -0.15) is 0 Å². The molecule has 0 radical (unpaired) electrons. The monoisotopic (exact) mass is 232 g/mol. The Balaban J connectivity index is 1.94. The van der Waals surface area contributed by atoms with E-state index in [1.54, 1.807) is 6.20 Å². The first-order valence-corrected chi connectivity index (χ1v) is 6.38. The topological polar surface area (TPSA) is 42.0 Å². The van der Waals surface area contributed by atoms with Gasteiger partial charge in [0.25, 0.3) is 5.91 Å². The van der Waals surface area contributed by atoms with Crippen LogP contribution in [0.4, 0.5) is 0 Å². The SMILES string of the molecule is Cc1ccc(C(=O)N[C@H]2CCC[C@H](C)C2)cn1. The number of rotatable bonds is 2. The van der Waals surface area contributed by atoms with Gasteiger partial charge in [-0.1, -0.05) is 19.8 Å². The quantitative estimate of drug-likeness (QED) is 0.851. The van der Waals surface area contributed by atoms with Gasteiger partial charge in [-0.3, -0.25) is 9.78 Å². The van der Waals surface area contributed by atoms with Gasteiger partial charge in [-0.25, -0.2) is 0 Å². The number of pyridine rings is 1. The van der Waals surface area contributed by atoms with Crippen LogP contribution < -0.4 is 5.32 Å². The average Bonchev–Trinajstić information content (AvgIpc) is 2.29. The third-order valence-electron chi connectivity index (χ3n) is 3.45. The Hall–Kier alpha value is -1.38. The lowest BCUT2D eigenvalue weighted by molar-refractivity contribution is 0.0921. The van der Waals surface area contributed by atoms with Crippen LogP contribution in [0.2, 0.25) is 0 Å². The largest absolute Gasteiger partial charge is 0.349 e. The standard InChI is InChI=1S/C14H20N2O/c1-10-4-3-5-13(8-10)16-14(17)12-7-6-11(2)15-9-12/h6-7,9-10,13H,3-5,8H2,1-2H3,(H,16,17)/t10-,13-/m0/s1. The van der Waals surface area contributed by atoms with Crippen LogP contribution in [0.25, 0.3) is 0 Å². The van der Waals surface area contributed by atoms with Gasteiger partial charge in [0.2, 0.25) is 0 Å². The molecule has 1 aromatic rings. The Morgan fingerprint density at radius 3 is 2.88 bits per heavy atom. The van der Waals surface area contributed by atoms with Crippen LogP contribution in [-0.2, 0) is 0 Å². The molecule has 1 aromatic heterocycles. The maximum Gasteiger partial charge on any atom is 0.253 e. The summed E-state index contributed by atoms with van der Waals surface area (Å²) in [6.07, 6.45) is 6.37. The minimum absolute atomic E-state index is 0.0107. The molecule has 1 heterocycles. The summed E-state index contributed by atoms with van der Waals surface area (Å²) in [6, 6.07) is 4.05. The third kappa shape index (κ3) is 3.29. The predicted octanol–water partition coefficient (Wildman–Crippen LogP) is 2.70. The second-order valence-electron chi connectivity index (χ2n) is 5.13. The van der Waals surface area contributed by atoms with Crippen molar-refractivity contribution in [3.8, 4) is 0 Å². The lowest BCUT2D eigenvalue weighted by Gasteiger charge is -2.27. The van der Waals surface area contributed by atoms with E-state index in [0.29, 0.717) is 11.6 Å². The van der Waals surface area contributed by atoms with Crippen molar-refractivity contribution in [2.45, 2.75) is 45.6 Å². The van der Waals surface area contributed by atoms with Crippen LogP contribution in [0.1, 0.15) is 48.7 Å². The maximum absolute atomic E-state index is 12.0. The smallest absolute Gasteiger partial charge is 0.253 e. The summed E-state index contributed by atoms with van der Waals surface area (Å²) in [7, 11) is 0. The summed E-state index contributed by atoms with van der Waals surface area (Å²) in [5.41, 5.74) is 1.60. The van der Waals surface area contributed by atoms with Crippen molar-refractivity contribution in [1.82, 2.24) is 10.3 Å². The first-order chi connectivity index (χ1) is 8.15. The van der Waals surface area contributed by atoms with E-state index < -0.39 is 0 Å². The maximum atomic E-state index is 12.0. The molecular weight excluding hydrogens is 212 g/mol. The number of hydrogen-bond donors (Lipinski definition) is 1. The highest BCUT2D eigenvalue weighted by Gasteiger charge is 2.20. The minimum Gasteiger partial charge on any atom is -0.349 e. The van der Waals surface area contributed by atoms with Crippen LogP contribution in [-0.4, -0.2) is 16.9 Å². The van der Waals surface area contributed by atoms with Crippen LogP contribution in [0, 0.1) is 12.8 Å². The molecule has 92 valence electrons. The van der Waals surface area contributed by atoms with E-state index in [2.05, 4.69) is 17.2 Å². The Bertz CT molecular complexity index is 386. The number of amides is 1. The number of hydrogen-bond acceptors (Lipinski definition) is 2. The molecular formula is C14H20N2O. The molecule has 1 fully saturated rings. The molecule has 0 aliphatic heterocycles. The van der Waals surface area contributed by atoms with E-state index >= 15 is 0 Å². The Morgan fingerprint density at radius 1 is 1.41 bits per heavy atom. The van der Waals surface area contributed by atoms with Gasteiger partial charge >= 0.3 is 0 Å². The summed E-state index contributed by atoms with van der Waals surface area (Å²) in [6.45, 7) is 4.18. The van der Waals surface area contributed by atoms with Gasteiger partial charge in [-0.05, 0) is 37.8 Å². The van der Waals surface area contributed by atoms with E-state index in [1.807, 2.05) is 19.1 Å². The van der Waals surface area contributed by atoms with Gasteiger partial charge in [0.15, 0.2) is 0 Å². The minimum atomic E-state index is 0.0107. The highest BCUT2D eigenvalue weighted by atomic mass is 16.1. The van der Waals surface area contributed by atoms with Crippen molar-refractivity contribution in [2.75, 3.05) is 0 Å². The van der Waals surface area contributed by atoms with Gasteiger partial charge in [0.1, 0.15) is 0 Å². The van der Waals surface area contributed by atoms with Gasteiger partial charge in [-0.15, -0.1) is 0 Å². The molecule has 1 aliphatic carbocycles. The van der Waals surface area contributed by atoms with Gasteiger partial charge < -0.3 is 5.32 Å². The van der Waals surface area contributed by atoms with E-state index in [-0.39, 0.29) is 5.91 Å². The number of aromatic nitrogens is 1. The molecule has 1 N–H and O–H groups in total. The molecule has 0 bridgehead atoms. The zero-order valence-electron chi connectivity index (χ0n) is 10.6. The lowest BCUT2D eigenvalue weighted by Crippen LogP contribution is -2.38. The fraction of sp³-hybridized carbons (Fsp3) is 0.571. The second-order valence-corrected chi connectivity index (χ2v) is 5.13. The highest BCUT2D eigenvalue weighted by molar-refractivity contribution is 5.94. The normalized spacial score (nSPS) is 24.4. The molecule has 3 nitrogen and oxygen atoms in total. The molecule has 0 saturated heterocycles. The van der Waals surface area contributed by atoms with Crippen molar-refractivity contribution < 1.29 is 4.79 Å². The van der Waals surface area contributed by atoms with Crippen molar-refractivity contribution in [3.05, 3.63) is 29.6 Å². The summed E-state index contributed by atoms with van der Waals surface area (Å²) < 4.78 is 0. The van der Waals surface area contributed by atoms with Gasteiger partial charge in [0, 0.05) is 17.9 Å². The van der Waals surface area contributed by atoms with E-state index in [9.17, 15) is 4.79 Å². The van der Waals surface area contributed by atoms with E-state index in [0.717, 1.165) is 24.5 Å². The zero-order valence-corrected chi connectivity index (χ0v) is 10.6. The van der Waals surface area contributed by atoms with Crippen molar-refractivity contribution in [3.63, 3.8) is 0 Å². The molecule has 1 saturated carbocycles. The van der Waals surface area contributed by atoms with Crippen LogP contribution in [0.3, 0.4) is 0 Å². The van der Waals surface area contributed by atoms with Crippen molar-refractivity contribution in [1.29, 1.82) is 0 Å². The van der Waals surface area contributed by atoms with Crippen LogP contribution in [0.5, 0.6) is 0 Å². The Labute approximate surface area is 103 Å². The first-order valence-electron chi connectivity index (χ1n) is 6.38. The molecule has 3 heteroatoms. The number of nitrogens with one attached hydrogen (secondary N) is 1. The van der Waals surface area contributed by atoms with Crippen molar-refractivity contribution in [2.24, 2.45) is 5.92 Å². The lowest BCUT2D eigenvalue weighted by atomic mass is 9.87. The average molecular weight is 232 g/mol. The molecule has 1 aliphatic rings. The fourth-order valence-corrected chi connectivity index (χ4v) is 2.44. The molecule has 0 unspecified atom stereocenters. The number of carbonyl (C=O) groups is 1. The fourth-order valence-electron chi connectivity index (χ4n) is 2.44. The second kappa shape index (κ2) is 5.30. The van der Waals surface area contributed by atoms with Crippen molar-refractivity contribution >= 4 is 5.91 Å². The molecule has 0 aromatic carbocycles. The van der Waals surface area contributed by atoms with Crippen LogP contribution in [0.15, 0.2) is 18.3 Å². The summed E-state index contributed by atoms with van der Waals surface area (Å²) >= 11 is 0. The van der Waals surface area contributed by atoms with Crippen LogP contribution >= 0.6 is 0 Å². The number of carbonyl (C=O) groups excluding carboxylic acids is 1. The van der Waals surface area contributed by atoms with E-state index in [1.165, 1.54) is 12.8 Å². The number of aryl methyl sites for hydroxylation is 1. The molecule has 17 heavy (non-hydrogen) atoms. The Kier molecular flexibility index (Phi) is 3.77. The van der Waals surface area contributed by atoms with Gasteiger partial charge in [0.05, 0.1) is 5.56 Å². The molecule has 0 spiro atoms. The first kappa shape index (κ1) is 12.1. The molecule has 1 amide bonds. The third-order valence-corrected chi connectivity index (χ3v) is 3.45. The summed E-state index contributed by atoms with van der Waals surface area (Å²) in [5, 5.41) is 3.11. The molecule has 2 rings (SSSR count). The molecule has 2 atom stereocenters. The predicted molar refractivity (Wildman–Crippen MR) is 67.9 cm³/mol. The zero-order chi connectivity index (χ0) is 12.3. The summed E-state index contributed by atoms with van der Waals surface area (Å²) in [5.74, 6) is 0.738. The summed E-state index contributed by atoms with van der Waals surface area (Å²) in [4.78, 5) is 16.1. The van der Waals surface area contributed by atoms with E-state index in [4.69, 9.17) is 0 Å². The number of nitrogens with zero attached hydrogens (tertiary/aromatic N) is 1. The highest BCUT2D eigenvalue weighted by Crippen LogP contribution is 2.23.